The van der Waals surface area contributed by atoms with Gasteiger partial charge in [-0.25, -0.2) is 4.79 Å². The third-order valence-corrected chi connectivity index (χ3v) is 4.81. The molecule has 1 amide bonds. The minimum atomic E-state index is -1.09. The molecule has 0 aliphatic rings. The van der Waals surface area contributed by atoms with Crippen molar-refractivity contribution in [3.63, 3.8) is 0 Å². The average molecular weight is 372 g/mol. The molecule has 1 aromatic heterocycles. The van der Waals surface area contributed by atoms with E-state index < -0.39 is 5.97 Å². The van der Waals surface area contributed by atoms with Crippen LogP contribution in [0, 0.1) is 6.92 Å². The zero-order valence-electron chi connectivity index (χ0n) is 13.2. The summed E-state index contributed by atoms with van der Waals surface area (Å²) in [4.78, 5) is 24.2. The second-order valence-electron chi connectivity index (χ2n) is 5.49. The van der Waals surface area contributed by atoms with E-state index in [1.165, 1.54) is 11.3 Å². The van der Waals surface area contributed by atoms with Gasteiger partial charge >= 0.3 is 5.97 Å². The Morgan fingerprint density at radius 2 is 1.84 bits per heavy atom. The summed E-state index contributed by atoms with van der Waals surface area (Å²) in [5, 5.41) is 14.9. The molecule has 3 aromatic rings. The molecular weight excluding hydrogens is 358 g/mol. The van der Waals surface area contributed by atoms with Crippen LogP contribution in [-0.2, 0) is 0 Å². The molecular formula is C19H14ClNO3S. The molecule has 4 nitrogen and oxygen atoms in total. The standard InChI is InChI=1S/C19H14ClNO3S/c1-11-3-2-4-13(9-11)17(22)21-18-16(19(23)24)15(10-25-18)12-5-7-14(20)8-6-12/h2-10H,1H3,(H,21,22)(H,23,24). The number of nitrogens with one attached hydrogen (secondary N) is 1. The Morgan fingerprint density at radius 1 is 1.12 bits per heavy atom. The maximum atomic E-state index is 12.4. The predicted molar refractivity (Wildman–Crippen MR) is 101 cm³/mol. The molecule has 0 spiro atoms. The lowest BCUT2D eigenvalue weighted by molar-refractivity contribution is 0.0699. The summed E-state index contributed by atoms with van der Waals surface area (Å²) in [7, 11) is 0. The molecule has 6 heteroatoms. The van der Waals surface area contributed by atoms with Crippen LogP contribution in [0.1, 0.15) is 26.3 Å². The second-order valence-corrected chi connectivity index (χ2v) is 6.81. The molecule has 2 N–H and O–H groups in total. The Kier molecular flexibility index (Phi) is 4.88. The average Bonchev–Trinajstić information content (AvgIpc) is 2.99. The fraction of sp³-hybridized carbons (Fsp3) is 0.0526. The van der Waals surface area contributed by atoms with Crippen molar-refractivity contribution >= 4 is 39.8 Å². The summed E-state index contributed by atoms with van der Waals surface area (Å²) in [6.07, 6.45) is 0. The van der Waals surface area contributed by atoms with Crippen LogP contribution in [0.3, 0.4) is 0 Å². The highest BCUT2D eigenvalue weighted by atomic mass is 35.5. The summed E-state index contributed by atoms with van der Waals surface area (Å²) in [6, 6.07) is 14.0. The topological polar surface area (TPSA) is 66.4 Å². The van der Waals surface area contributed by atoms with Crippen molar-refractivity contribution in [1.82, 2.24) is 0 Å². The Morgan fingerprint density at radius 3 is 2.48 bits per heavy atom. The van der Waals surface area contributed by atoms with E-state index in [1.54, 1.807) is 47.8 Å². The largest absolute Gasteiger partial charge is 0.478 e. The molecule has 0 radical (unpaired) electrons. The van der Waals surface area contributed by atoms with Gasteiger partial charge in [0.2, 0.25) is 0 Å². The summed E-state index contributed by atoms with van der Waals surface area (Å²) in [6.45, 7) is 1.89. The van der Waals surface area contributed by atoms with E-state index in [-0.39, 0.29) is 11.5 Å². The quantitative estimate of drug-likeness (QED) is 0.651. The SMILES string of the molecule is Cc1cccc(C(=O)Nc2scc(-c3ccc(Cl)cc3)c2C(=O)O)c1. The van der Waals surface area contributed by atoms with Gasteiger partial charge in [-0.15, -0.1) is 11.3 Å². The van der Waals surface area contributed by atoms with Crippen molar-refractivity contribution in [2.24, 2.45) is 0 Å². The van der Waals surface area contributed by atoms with Gasteiger partial charge in [0.25, 0.3) is 5.91 Å². The van der Waals surface area contributed by atoms with E-state index in [0.29, 0.717) is 21.2 Å². The first kappa shape index (κ1) is 17.2. The van der Waals surface area contributed by atoms with Crippen LogP contribution in [-0.4, -0.2) is 17.0 Å². The van der Waals surface area contributed by atoms with Gasteiger partial charge in [-0.2, -0.15) is 0 Å². The van der Waals surface area contributed by atoms with Gasteiger partial charge in [-0.3, -0.25) is 4.79 Å². The molecule has 126 valence electrons. The lowest BCUT2D eigenvalue weighted by atomic mass is 10.0. The first-order valence-electron chi connectivity index (χ1n) is 7.44. The van der Waals surface area contributed by atoms with Crippen molar-refractivity contribution in [3.05, 3.63) is 75.6 Å². The fourth-order valence-electron chi connectivity index (χ4n) is 2.47. The van der Waals surface area contributed by atoms with Gasteiger partial charge < -0.3 is 10.4 Å². The molecule has 2 aromatic carbocycles. The smallest absolute Gasteiger partial charge is 0.339 e. The minimum absolute atomic E-state index is 0.0772. The van der Waals surface area contributed by atoms with E-state index in [1.807, 2.05) is 13.0 Å². The summed E-state index contributed by atoms with van der Waals surface area (Å²) in [5.41, 5.74) is 2.80. The number of aryl methyl sites for hydroxylation is 1. The number of hydrogen-bond acceptors (Lipinski definition) is 3. The van der Waals surface area contributed by atoms with Crippen LogP contribution in [0.15, 0.2) is 53.9 Å². The first-order chi connectivity index (χ1) is 12.0. The maximum Gasteiger partial charge on any atom is 0.339 e. The number of rotatable bonds is 4. The second kappa shape index (κ2) is 7.09. The molecule has 0 saturated heterocycles. The zero-order chi connectivity index (χ0) is 18.0. The van der Waals surface area contributed by atoms with Crippen LogP contribution in [0.25, 0.3) is 11.1 Å². The number of thiophene rings is 1. The molecule has 0 aliphatic heterocycles. The molecule has 1 heterocycles. The Bertz CT molecular complexity index is 948. The molecule has 0 saturated carbocycles. The van der Waals surface area contributed by atoms with Crippen LogP contribution >= 0.6 is 22.9 Å². The fourth-order valence-corrected chi connectivity index (χ4v) is 3.55. The van der Waals surface area contributed by atoms with Crippen molar-refractivity contribution in [2.45, 2.75) is 6.92 Å². The van der Waals surface area contributed by atoms with E-state index >= 15 is 0 Å². The number of benzene rings is 2. The third-order valence-electron chi connectivity index (χ3n) is 3.67. The van der Waals surface area contributed by atoms with Crippen molar-refractivity contribution < 1.29 is 14.7 Å². The van der Waals surface area contributed by atoms with E-state index in [4.69, 9.17) is 11.6 Å². The molecule has 0 bridgehead atoms. The Hall–Kier alpha value is -2.63. The van der Waals surface area contributed by atoms with Gasteiger partial charge in [-0.1, -0.05) is 41.4 Å². The molecule has 25 heavy (non-hydrogen) atoms. The van der Waals surface area contributed by atoms with Gasteiger partial charge in [0.15, 0.2) is 0 Å². The third kappa shape index (κ3) is 3.73. The molecule has 0 unspecified atom stereocenters. The van der Waals surface area contributed by atoms with Crippen LogP contribution in [0.4, 0.5) is 5.00 Å². The highest BCUT2D eigenvalue weighted by Gasteiger charge is 2.21. The predicted octanol–water partition coefficient (Wildman–Crippen LogP) is 5.33. The summed E-state index contributed by atoms with van der Waals surface area (Å²) >= 11 is 7.07. The highest BCUT2D eigenvalue weighted by Crippen LogP contribution is 2.36. The summed E-state index contributed by atoms with van der Waals surface area (Å²) < 4.78 is 0. The molecule has 3 rings (SSSR count). The molecule has 0 aliphatic carbocycles. The van der Waals surface area contributed by atoms with Crippen LogP contribution in [0.2, 0.25) is 5.02 Å². The monoisotopic (exact) mass is 371 g/mol. The number of amides is 1. The van der Waals surface area contributed by atoms with E-state index in [2.05, 4.69) is 5.32 Å². The number of anilines is 1. The van der Waals surface area contributed by atoms with Gasteiger partial charge in [0, 0.05) is 21.5 Å². The number of hydrogen-bond donors (Lipinski definition) is 2. The number of carbonyl (C=O) groups excluding carboxylic acids is 1. The number of halogens is 1. The van der Waals surface area contributed by atoms with Crippen molar-refractivity contribution in [3.8, 4) is 11.1 Å². The molecule has 0 fully saturated rings. The number of aromatic carboxylic acids is 1. The minimum Gasteiger partial charge on any atom is -0.478 e. The Balaban J connectivity index is 1.96. The van der Waals surface area contributed by atoms with Crippen molar-refractivity contribution in [2.75, 3.05) is 5.32 Å². The van der Waals surface area contributed by atoms with Gasteiger partial charge in [-0.05, 0) is 36.8 Å². The number of carbonyl (C=O) groups is 2. The molecule has 0 atom stereocenters. The van der Waals surface area contributed by atoms with Gasteiger partial charge in [0.1, 0.15) is 10.6 Å². The lowest BCUT2D eigenvalue weighted by Crippen LogP contribution is -2.13. The lowest BCUT2D eigenvalue weighted by Gasteiger charge is -2.07. The summed E-state index contributed by atoms with van der Waals surface area (Å²) in [5.74, 6) is -1.43. The Labute approximate surface area is 153 Å². The van der Waals surface area contributed by atoms with E-state index in [9.17, 15) is 14.7 Å². The normalized spacial score (nSPS) is 10.5. The maximum absolute atomic E-state index is 12.4. The number of carboxylic acid groups (broad SMARTS) is 1. The number of carboxylic acids is 1. The van der Waals surface area contributed by atoms with Crippen LogP contribution in [0.5, 0.6) is 0 Å². The first-order valence-corrected chi connectivity index (χ1v) is 8.70. The highest BCUT2D eigenvalue weighted by molar-refractivity contribution is 7.15. The van der Waals surface area contributed by atoms with Gasteiger partial charge in [0.05, 0.1) is 0 Å². The van der Waals surface area contributed by atoms with Crippen LogP contribution < -0.4 is 5.32 Å². The van der Waals surface area contributed by atoms with Crippen molar-refractivity contribution in [1.29, 1.82) is 0 Å². The zero-order valence-corrected chi connectivity index (χ0v) is 14.8. The van der Waals surface area contributed by atoms with E-state index in [0.717, 1.165) is 11.1 Å².